The smallest absolute Gasteiger partial charge is 0.234 e. The number of carbonyl (C=O) groups is 2. The fourth-order valence-electron chi connectivity index (χ4n) is 1.79. The molecule has 0 heterocycles. The molecule has 0 atom stereocenters. The van der Waals surface area contributed by atoms with Crippen LogP contribution in [0.25, 0.3) is 0 Å². The molecule has 5 heteroatoms. The number of aryl methyl sites for hydroxylation is 1. The van der Waals surface area contributed by atoms with Gasteiger partial charge in [-0.3, -0.25) is 9.59 Å². The first-order valence-electron chi connectivity index (χ1n) is 6.77. The largest absolute Gasteiger partial charge is 0.325 e. The number of rotatable bonds is 6. The van der Waals surface area contributed by atoms with Gasteiger partial charge in [0.2, 0.25) is 5.91 Å². The lowest BCUT2D eigenvalue weighted by Gasteiger charge is -2.05. The van der Waals surface area contributed by atoms with Crippen LogP contribution < -0.4 is 5.32 Å². The Morgan fingerprint density at radius 3 is 2.27 bits per heavy atom. The normalized spacial score (nSPS) is 10.3. The summed E-state index contributed by atoms with van der Waals surface area (Å²) in [7, 11) is 0. The van der Waals surface area contributed by atoms with Crippen LogP contribution >= 0.6 is 23.4 Å². The first-order chi connectivity index (χ1) is 10.5. The Hall–Kier alpha value is -1.78. The van der Waals surface area contributed by atoms with Crippen molar-refractivity contribution in [3.63, 3.8) is 0 Å². The zero-order valence-electron chi connectivity index (χ0n) is 12.1. The van der Waals surface area contributed by atoms with Crippen molar-refractivity contribution in [1.82, 2.24) is 0 Å². The summed E-state index contributed by atoms with van der Waals surface area (Å²) >= 11 is 7.08. The molecule has 114 valence electrons. The Balaban J connectivity index is 1.75. The van der Waals surface area contributed by atoms with Crippen LogP contribution in [-0.2, 0) is 4.79 Å². The van der Waals surface area contributed by atoms with Gasteiger partial charge in [-0.1, -0.05) is 41.4 Å². The van der Waals surface area contributed by atoms with Crippen molar-refractivity contribution in [2.24, 2.45) is 0 Å². The average Bonchev–Trinajstić information content (AvgIpc) is 2.50. The molecule has 0 aromatic heterocycles. The monoisotopic (exact) mass is 333 g/mol. The van der Waals surface area contributed by atoms with Crippen LogP contribution in [0.5, 0.6) is 0 Å². The third-order valence-corrected chi connectivity index (χ3v) is 4.15. The number of carbonyl (C=O) groups excluding carboxylic acids is 2. The summed E-state index contributed by atoms with van der Waals surface area (Å²) in [5, 5.41) is 3.38. The molecule has 0 saturated heterocycles. The van der Waals surface area contributed by atoms with Gasteiger partial charge in [-0.05, 0) is 31.2 Å². The summed E-state index contributed by atoms with van der Waals surface area (Å²) in [6.45, 7) is 1.98. The highest BCUT2D eigenvalue weighted by Crippen LogP contribution is 2.14. The first kappa shape index (κ1) is 16.6. The second-order valence-electron chi connectivity index (χ2n) is 4.84. The van der Waals surface area contributed by atoms with E-state index in [0.29, 0.717) is 16.3 Å². The number of anilines is 1. The Labute approximate surface area is 139 Å². The molecular formula is C17H16ClNO2S. The van der Waals surface area contributed by atoms with E-state index in [4.69, 9.17) is 11.6 Å². The maximum Gasteiger partial charge on any atom is 0.234 e. The van der Waals surface area contributed by atoms with Crippen molar-refractivity contribution < 1.29 is 9.59 Å². The summed E-state index contributed by atoms with van der Waals surface area (Å²) in [6.07, 6.45) is 0. The third kappa shape index (κ3) is 5.20. The number of ketones is 1. The minimum atomic E-state index is -0.135. The molecule has 0 saturated carbocycles. The molecule has 0 spiro atoms. The van der Waals surface area contributed by atoms with Crippen LogP contribution in [0.4, 0.5) is 5.69 Å². The van der Waals surface area contributed by atoms with Crippen LogP contribution in [0.15, 0.2) is 48.5 Å². The standard InChI is InChI=1S/C17H16ClNO2S/c1-12-2-4-13(5-3-12)16(20)10-22-11-17(21)19-15-8-6-14(18)7-9-15/h2-9H,10-11H2,1H3,(H,19,21). The third-order valence-electron chi connectivity index (χ3n) is 2.97. The molecule has 1 N–H and O–H groups in total. The molecule has 0 radical (unpaired) electrons. The highest BCUT2D eigenvalue weighted by atomic mass is 35.5. The van der Waals surface area contributed by atoms with Crippen molar-refractivity contribution in [3.05, 3.63) is 64.7 Å². The Morgan fingerprint density at radius 1 is 1.00 bits per heavy atom. The first-order valence-corrected chi connectivity index (χ1v) is 8.31. The van der Waals surface area contributed by atoms with Gasteiger partial charge in [0.05, 0.1) is 11.5 Å². The average molecular weight is 334 g/mol. The zero-order valence-corrected chi connectivity index (χ0v) is 13.7. The van der Waals surface area contributed by atoms with Crippen LogP contribution in [-0.4, -0.2) is 23.2 Å². The lowest BCUT2D eigenvalue weighted by atomic mass is 10.1. The van der Waals surface area contributed by atoms with E-state index in [9.17, 15) is 9.59 Å². The SMILES string of the molecule is Cc1ccc(C(=O)CSCC(=O)Nc2ccc(Cl)cc2)cc1. The molecule has 0 bridgehead atoms. The number of benzene rings is 2. The van der Waals surface area contributed by atoms with E-state index < -0.39 is 0 Å². The van der Waals surface area contributed by atoms with E-state index in [1.165, 1.54) is 11.8 Å². The summed E-state index contributed by atoms with van der Waals surface area (Å²) in [4.78, 5) is 23.7. The molecule has 0 unspecified atom stereocenters. The van der Waals surface area contributed by atoms with Gasteiger partial charge >= 0.3 is 0 Å². The van der Waals surface area contributed by atoms with Crippen molar-refractivity contribution >= 4 is 40.7 Å². The number of amides is 1. The number of thioether (sulfide) groups is 1. The Bertz CT molecular complexity index is 653. The van der Waals surface area contributed by atoms with Crippen molar-refractivity contribution in [2.75, 3.05) is 16.8 Å². The van der Waals surface area contributed by atoms with Gasteiger partial charge in [0.25, 0.3) is 0 Å². The van der Waals surface area contributed by atoms with Gasteiger partial charge < -0.3 is 5.32 Å². The number of halogens is 1. The highest BCUT2D eigenvalue weighted by molar-refractivity contribution is 8.00. The quantitative estimate of drug-likeness (QED) is 0.806. The van der Waals surface area contributed by atoms with Gasteiger partial charge in [0.15, 0.2) is 5.78 Å². The van der Waals surface area contributed by atoms with E-state index in [2.05, 4.69) is 5.32 Å². The van der Waals surface area contributed by atoms with Crippen LogP contribution in [0.1, 0.15) is 15.9 Å². The van der Waals surface area contributed by atoms with Crippen molar-refractivity contribution in [3.8, 4) is 0 Å². The molecule has 22 heavy (non-hydrogen) atoms. The summed E-state index contributed by atoms with van der Waals surface area (Å²) in [5.41, 5.74) is 2.49. The molecular weight excluding hydrogens is 318 g/mol. The molecule has 0 fully saturated rings. The molecule has 2 aromatic carbocycles. The lowest BCUT2D eigenvalue weighted by Crippen LogP contribution is -2.15. The van der Waals surface area contributed by atoms with Gasteiger partial charge in [0.1, 0.15) is 0 Å². The number of Topliss-reactive ketones (excluding diaryl/α,β-unsaturated/α-hetero) is 1. The van der Waals surface area contributed by atoms with Gasteiger partial charge in [-0.15, -0.1) is 11.8 Å². The molecule has 1 amide bonds. The van der Waals surface area contributed by atoms with Crippen LogP contribution in [0.3, 0.4) is 0 Å². The number of nitrogens with one attached hydrogen (secondary N) is 1. The second kappa shape index (κ2) is 8.01. The van der Waals surface area contributed by atoms with Gasteiger partial charge in [0, 0.05) is 16.3 Å². The van der Waals surface area contributed by atoms with Gasteiger partial charge in [-0.2, -0.15) is 0 Å². The molecule has 0 aliphatic carbocycles. The lowest BCUT2D eigenvalue weighted by molar-refractivity contribution is -0.113. The maximum atomic E-state index is 12.0. The minimum Gasteiger partial charge on any atom is -0.325 e. The zero-order chi connectivity index (χ0) is 15.9. The fraction of sp³-hybridized carbons (Fsp3) is 0.176. The molecule has 2 rings (SSSR count). The molecule has 0 aliphatic heterocycles. The van der Waals surface area contributed by atoms with Crippen LogP contribution in [0.2, 0.25) is 5.02 Å². The summed E-state index contributed by atoms with van der Waals surface area (Å²) < 4.78 is 0. The predicted molar refractivity (Wildman–Crippen MR) is 92.9 cm³/mol. The minimum absolute atomic E-state index is 0.0318. The summed E-state index contributed by atoms with van der Waals surface area (Å²) in [6, 6.07) is 14.3. The van der Waals surface area contributed by atoms with E-state index in [1.807, 2.05) is 31.2 Å². The van der Waals surface area contributed by atoms with Gasteiger partial charge in [-0.25, -0.2) is 0 Å². The van der Waals surface area contributed by atoms with E-state index in [0.717, 1.165) is 5.56 Å². The second-order valence-corrected chi connectivity index (χ2v) is 6.26. The maximum absolute atomic E-state index is 12.0. The van der Waals surface area contributed by atoms with E-state index in [-0.39, 0.29) is 23.2 Å². The Kier molecular flexibility index (Phi) is 6.04. The number of hydrogen-bond donors (Lipinski definition) is 1. The molecule has 0 aliphatic rings. The highest BCUT2D eigenvalue weighted by Gasteiger charge is 2.08. The van der Waals surface area contributed by atoms with Crippen molar-refractivity contribution in [1.29, 1.82) is 0 Å². The Morgan fingerprint density at radius 2 is 1.64 bits per heavy atom. The van der Waals surface area contributed by atoms with Crippen LogP contribution in [0, 0.1) is 6.92 Å². The van der Waals surface area contributed by atoms with Crippen molar-refractivity contribution in [2.45, 2.75) is 6.92 Å². The summed E-state index contributed by atoms with van der Waals surface area (Å²) in [5.74, 6) is 0.422. The van der Waals surface area contributed by atoms with E-state index >= 15 is 0 Å². The number of hydrogen-bond acceptors (Lipinski definition) is 3. The topological polar surface area (TPSA) is 46.2 Å². The predicted octanol–water partition coefficient (Wildman–Crippen LogP) is 4.20. The molecule has 3 nitrogen and oxygen atoms in total. The van der Waals surface area contributed by atoms with E-state index in [1.54, 1.807) is 24.3 Å². The molecule has 2 aromatic rings. The fourth-order valence-corrected chi connectivity index (χ4v) is 2.63.